The molecule has 0 spiro atoms. The zero-order valence-corrected chi connectivity index (χ0v) is 16.2. The molecule has 1 aliphatic heterocycles. The third kappa shape index (κ3) is 3.61. The van der Waals surface area contributed by atoms with E-state index >= 15 is 0 Å². The maximum Gasteiger partial charge on any atom is 0.329 e. The summed E-state index contributed by atoms with van der Waals surface area (Å²) >= 11 is 3.45. The lowest BCUT2D eigenvalue weighted by atomic mass is 10.2. The van der Waals surface area contributed by atoms with Crippen molar-refractivity contribution in [1.82, 2.24) is 14.8 Å². The Morgan fingerprint density at radius 1 is 1.04 bits per heavy atom. The largest absolute Gasteiger partial charge is 0.329 e. The first kappa shape index (κ1) is 18.2. The molecule has 0 atom stereocenters. The van der Waals surface area contributed by atoms with E-state index in [4.69, 9.17) is 0 Å². The molecule has 3 aromatic rings. The van der Waals surface area contributed by atoms with Gasteiger partial charge in [-0.2, -0.15) is 0 Å². The van der Waals surface area contributed by atoms with Crippen molar-refractivity contribution in [2.45, 2.75) is 6.54 Å². The third-order valence-corrected chi connectivity index (χ3v) is 4.87. The molecule has 28 heavy (non-hydrogen) atoms. The molecule has 3 amide bonds. The summed E-state index contributed by atoms with van der Waals surface area (Å²) in [7, 11) is 0. The minimum absolute atomic E-state index is 0.0783. The van der Waals surface area contributed by atoms with Crippen LogP contribution in [0.2, 0.25) is 0 Å². The highest BCUT2D eigenvalue weighted by Gasteiger charge is 2.33. The van der Waals surface area contributed by atoms with Gasteiger partial charge in [0, 0.05) is 22.1 Å². The number of rotatable bonds is 4. The second-order valence-corrected chi connectivity index (χ2v) is 7.20. The topological polar surface area (TPSA) is 54.3 Å². The van der Waals surface area contributed by atoms with Crippen molar-refractivity contribution in [2.75, 3.05) is 0 Å². The Bertz CT molecular complexity index is 1090. The number of imide groups is 1. The first-order valence-electron chi connectivity index (χ1n) is 8.53. The fourth-order valence-corrected chi connectivity index (χ4v) is 3.40. The predicted molar refractivity (Wildman–Crippen MR) is 107 cm³/mol. The van der Waals surface area contributed by atoms with Gasteiger partial charge in [0.25, 0.3) is 5.91 Å². The molecule has 0 bridgehead atoms. The maximum atomic E-state index is 13.1. The summed E-state index contributed by atoms with van der Waals surface area (Å²) in [4.78, 5) is 26.1. The number of nitrogens with zero attached hydrogens (tertiary/aromatic N) is 2. The molecule has 7 heteroatoms. The third-order valence-electron chi connectivity index (χ3n) is 4.38. The molecule has 0 unspecified atom stereocenters. The molecule has 2 heterocycles. The Kier molecular flexibility index (Phi) is 4.83. The number of carbonyl (C=O) groups is 2. The van der Waals surface area contributed by atoms with Gasteiger partial charge < -0.3 is 9.88 Å². The summed E-state index contributed by atoms with van der Waals surface area (Å²) in [6.07, 6.45) is 3.53. The number of benzene rings is 2. The van der Waals surface area contributed by atoms with Crippen LogP contribution in [0.25, 0.3) is 11.8 Å². The molecule has 1 aromatic heterocycles. The normalized spacial score (nSPS) is 15.4. The van der Waals surface area contributed by atoms with Crippen LogP contribution >= 0.6 is 15.9 Å². The number of urea groups is 1. The Morgan fingerprint density at radius 3 is 2.57 bits per heavy atom. The zero-order chi connectivity index (χ0) is 19.7. The van der Waals surface area contributed by atoms with Gasteiger partial charge in [0.1, 0.15) is 11.5 Å². The lowest BCUT2D eigenvalue weighted by Gasteiger charge is -2.11. The Balaban J connectivity index is 1.60. The van der Waals surface area contributed by atoms with Crippen molar-refractivity contribution >= 4 is 33.9 Å². The van der Waals surface area contributed by atoms with Crippen molar-refractivity contribution in [2.24, 2.45) is 0 Å². The van der Waals surface area contributed by atoms with Gasteiger partial charge in [-0.15, -0.1) is 0 Å². The highest BCUT2D eigenvalue weighted by atomic mass is 79.9. The van der Waals surface area contributed by atoms with Gasteiger partial charge in [0.15, 0.2) is 0 Å². The highest BCUT2D eigenvalue weighted by Crippen LogP contribution is 2.21. The molecular weight excluding hydrogens is 425 g/mol. The van der Waals surface area contributed by atoms with E-state index in [2.05, 4.69) is 21.2 Å². The second kappa shape index (κ2) is 7.44. The molecule has 1 fully saturated rings. The number of hydrogen-bond acceptors (Lipinski definition) is 2. The molecule has 1 aliphatic rings. The van der Waals surface area contributed by atoms with Crippen LogP contribution in [0.5, 0.6) is 0 Å². The minimum Gasteiger partial charge on any atom is -0.317 e. The lowest BCUT2D eigenvalue weighted by molar-refractivity contribution is -0.123. The smallest absolute Gasteiger partial charge is 0.317 e. The molecule has 1 N–H and O–H groups in total. The maximum absolute atomic E-state index is 13.1. The van der Waals surface area contributed by atoms with Gasteiger partial charge in [-0.3, -0.25) is 9.69 Å². The van der Waals surface area contributed by atoms with Crippen molar-refractivity contribution in [3.05, 3.63) is 94.1 Å². The molecule has 4 rings (SSSR count). The summed E-state index contributed by atoms with van der Waals surface area (Å²) in [5, 5.41) is 2.62. The van der Waals surface area contributed by atoms with E-state index in [9.17, 15) is 14.0 Å². The Labute approximate surface area is 169 Å². The van der Waals surface area contributed by atoms with Crippen molar-refractivity contribution in [1.29, 1.82) is 0 Å². The fraction of sp³-hybridized carbons (Fsp3) is 0.0476. The van der Waals surface area contributed by atoms with Crippen LogP contribution in [-0.4, -0.2) is 21.4 Å². The van der Waals surface area contributed by atoms with Crippen molar-refractivity contribution in [3.8, 4) is 5.69 Å². The van der Waals surface area contributed by atoms with Crippen molar-refractivity contribution in [3.63, 3.8) is 0 Å². The molecule has 0 aliphatic carbocycles. The van der Waals surface area contributed by atoms with Crippen LogP contribution in [-0.2, 0) is 11.3 Å². The van der Waals surface area contributed by atoms with Crippen LogP contribution in [0.4, 0.5) is 9.18 Å². The van der Waals surface area contributed by atoms with E-state index in [1.807, 2.05) is 47.2 Å². The molecule has 140 valence electrons. The van der Waals surface area contributed by atoms with Crippen LogP contribution in [0.1, 0.15) is 11.3 Å². The second-order valence-electron chi connectivity index (χ2n) is 6.29. The number of carbonyl (C=O) groups excluding carboxylic acids is 2. The van der Waals surface area contributed by atoms with E-state index in [1.165, 1.54) is 12.1 Å². The van der Waals surface area contributed by atoms with E-state index in [0.29, 0.717) is 5.56 Å². The average molecular weight is 440 g/mol. The van der Waals surface area contributed by atoms with Gasteiger partial charge >= 0.3 is 6.03 Å². The fourth-order valence-electron chi connectivity index (χ4n) is 3.01. The average Bonchev–Trinajstić information content (AvgIpc) is 3.24. The summed E-state index contributed by atoms with van der Waals surface area (Å²) in [5.74, 6) is -0.786. The van der Waals surface area contributed by atoms with Gasteiger partial charge in [-0.05, 0) is 54.1 Å². The van der Waals surface area contributed by atoms with Crippen LogP contribution in [0.3, 0.4) is 0 Å². The molecule has 0 saturated carbocycles. The van der Waals surface area contributed by atoms with Gasteiger partial charge in [-0.25, -0.2) is 9.18 Å². The zero-order valence-electron chi connectivity index (χ0n) is 14.6. The number of hydrogen-bond donors (Lipinski definition) is 1. The van der Waals surface area contributed by atoms with E-state index < -0.39 is 11.9 Å². The molecular formula is C21H15BrFN3O2. The van der Waals surface area contributed by atoms with E-state index in [0.717, 1.165) is 20.8 Å². The number of amides is 3. The van der Waals surface area contributed by atoms with Gasteiger partial charge in [0.05, 0.1) is 6.54 Å². The van der Waals surface area contributed by atoms with Crippen LogP contribution < -0.4 is 5.32 Å². The number of nitrogens with one attached hydrogen (secondary N) is 1. The molecule has 1 saturated heterocycles. The Morgan fingerprint density at radius 2 is 1.82 bits per heavy atom. The molecule has 5 nitrogen and oxygen atoms in total. The predicted octanol–water partition coefficient (Wildman–Crippen LogP) is 4.47. The van der Waals surface area contributed by atoms with Gasteiger partial charge in [0.2, 0.25) is 0 Å². The molecule has 2 aromatic carbocycles. The Hall–Kier alpha value is -3.19. The standard InChI is InChI=1S/C21H15BrFN3O2/c22-15-3-1-4-17(11-15)25-10-2-5-18(25)12-19-20(27)26(21(28)24-19)13-14-6-8-16(23)9-7-14/h1-12H,13H2,(H,24,28)/b19-12-. The van der Waals surface area contributed by atoms with Crippen molar-refractivity contribution < 1.29 is 14.0 Å². The first-order chi connectivity index (χ1) is 13.5. The minimum atomic E-state index is -0.499. The SMILES string of the molecule is O=C1N/C(=C\c2cccn2-c2cccc(Br)c2)C(=O)N1Cc1ccc(F)cc1. The summed E-state index contributed by atoms with van der Waals surface area (Å²) in [6, 6.07) is 16.7. The van der Waals surface area contributed by atoms with E-state index in [-0.39, 0.29) is 18.1 Å². The summed E-state index contributed by atoms with van der Waals surface area (Å²) < 4.78 is 15.9. The van der Waals surface area contributed by atoms with E-state index in [1.54, 1.807) is 18.2 Å². The lowest BCUT2D eigenvalue weighted by Crippen LogP contribution is -2.30. The number of halogens is 2. The quantitative estimate of drug-likeness (QED) is 0.481. The van der Waals surface area contributed by atoms with Crippen LogP contribution in [0.15, 0.2) is 77.0 Å². The first-order valence-corrected chi connectivity index (χ1v) is 9.33. The monoisotopic (exact) mass is 439 g/mol. The van der Waals surface area contributed by atoms with Gasteiger partial charge in [-0.1, -0.05) is 34.1 Å². The van der Waals surface area contributed by atoms with Crippen LogP contribution in [0, 0.1) is 5.82 Å². The number of aromatic nitrogens is 1. The summed E-state index contributed by atoms with van der Waals surface area (Å²) in [6.45, 7) is 0.0783. The molecule has 0 radical (unpaired) electrons. The summed E-state index contributed by atoms with van der Waals surface area (Å²) in [5.41, 5.74) is 2.54. The highest BCUT2D eigenvalue weighted by molar-refractivity contribution is 9.10.